The minimum atomic E-state index is -0.0421. The van der Waals surface area contributed by atoms with Crippen molar-refractivity contribution in [1.82, 2.24) is 10.2 Å². The van der Waals surface area contributed by atoms with Crippen molar-refractivity contribution >= 4 is 17.2 Å². The fraction of sp³-hybridized carbons (Fsp3) is 0.591. The number of amides is 1. The zero-order chi connectivity index (χ0) is 18.9. The highest BCUT2D eigenvalue weighted by Crippen LogP contribution is 2.25. The molecule has 5 heteroatoms. The molecule has 1 aromatic rings. The first-order chi connectivity index (χ1) is 13.3. The van der Waals surface area contributed by atoms with E-state index in [1.807, 2.05) is 24.3 Å². The van der Waals surface area contributed by atoms with E-state index in [-0.39, 0.29) is 5.91 Å². The largest absolute Gasteiger partial charge is 0.500 e. The highest BCUT2D eigenvalue weighted by Gasteiger charge is 2.21. The summed E-state index contributed by atoms with van der Waals surface area (Å²) in [5, 5.41) is 6.57. The third-order valence-corrected chi connectivity index (χ3v) is 5.50. The molecule has 0 saturated carbocycles. The van der Waals surface area contributed by atoms with Crippen molar-refractivity contribution in [2.75, 3.05) is 44.6 Å². The number of rotatable bonds is 6. The minimum Gasteiger partial charge on any atom is -0.500 e. The van der Waals surface area contributed by atoms with Crippen molar-refractivity contribution in [3.05, 3.63) is 36.1 Å². The van der Waals surface area contributed by atoms with Crippen LogP contribution in [0.25, 0.3) is 5.57 Å². The molecule has 1 amide bonds. The van der Waals surface area contributed by atoms with Crippen LogP contribution >= 0.6 is 0 Å². The maximum Gasteiger partial charge on any atom is 0.255 e. The van der Waals surface area contributed by atoms with Crippen molar-refractivity contribution in [3.8, 4) is 0 Å². The molecule has 148 valence electrons. The van der Waals surface area contributed by atoms with E-state index in [4.69, 9.17) is 4.74 Å². The Kier molecular flexibility index (Phi) is 7.57. The van der Waals surface area contributed by atoms with Crippen LogP contribution in [-0.4, -0.2) is 50.1 Å². The van der Waals surface area contributed by atoms with Crippen LogP contribution in [0.4, 0.5) is 5.69 Å². The van der Waals surface area contributed by atoms with Crippen molar-refractivity contribution in [2.24, 2.45) is 5.92 Å². The fourth-order valence-electron chi connectivity index (χ4n) is 3.76. The van der Waals surface area contributed by atoms with E-state index in [0.29, 0.717) is 18.1 Å². The van der Waals surface area contributed by atoms with Crippen LogP contribution < -0.4 is 10.6 Å². The molecule has 0 aliphatic carbocycles. The third-order valence-electron chi connectivity index (χ3n) is 5.50. The van der Waals surface area contributed by atoms with E-state index < -0.39 is 0 Å². The van der Waals surface area contributed by atoms with Gasteiger partial charge in [-0.05, 0) is 57.3 Å². The molecule has 27 heavy (non-hydrogen) atoms. The van der Waals surface area contributed by atoms with Gasteiger partial charge in [-0.1, -0.05) is 31.5 Å². The van der Waals surface area contributed by atoms with Gasteiger partial charge in [0.05, 0.1) is 18.4 Å². The summed E-state index contributed by atoms with van der Waals surface area (Å²) in [6.07, 6.45) is 7.41. The summed E-state index contributed by atoms with van der Waals surface area (Å²) in [4.78, 5) is 15.4. The highest BCUT2D eigenvalue weighted by atomic mass is 16.5. The Morgan fingerprint density at radius 3 is 2.93 bits per heavy atom. The molecule has 0 radical (unpaired) electrons. The first kappa shape index (κ1) is 19.7. The fourth-order valence-corrected chi connectivity index (χ4v) is 3.76. The van der Waals surface area contributed by atoms with Crippen molar-refractivity contribution in [3.63, 3.8) is 0 Å². The maximum absolute atomic E-state index is 12.9. The smallest absolute Gasteiger partial charge is 0.255 e. The van der Waals surface area contributed by atoms with Crippen molar-refractivity contribution in [2.45, 2.75) is 39.0 Å². The summed E-state index contributed by atoms with van der Waals surface area (Å²) in [5.74, 6) is 0.526. The molecule has 2 N–H and O–H groups in total. The maximum atomic E-state index is 12.9. The van der Waals surface area contributed by atoms with Crippen LogP contribution in [0, 0.1) is 5.92 Å². The third kappa shape index (κ3) is 5.73. The summed E-state index contributed by atoms with van der Waals surface area (Å²) in [5.41, 5.74) is 2.51. The topological polar surface area (TPSA) is 53.6 Å². The number of carbonyl (C=O) groups is 1. The van der Waals surface area contributed by atoms with Crippen molar-refractivity contribution < 1.29 is 9.53 Å². The predicted molar refractivity (Wildman–Crippen MR) is 111 cm³/mol. The second-order valence-electron chi connectivity index (χ2n) is 7.58. The van der Waals surface area contributed by atoms with Gasteiger partial charge in [0.1, 0.15) is 0 Å². The number of hydrogen-bond acceptors (Lipinski definition) is 4. The number of fused-ring (bicyclic) bond motifs is 1. The van der Waals surface area contributed by atoms with Gasteiger partial charge in [-0.15, -0.1) is 0 Å². The van der Waals surface area contributed by atoms with Crippen LogP contribution in [0.15, 0.2) is 30.5 Å². The lowest BCUT2D eigenvalue weighted by molar-refractivity contribution is -0.115. The lowest BCUT2D eigenvalue weighted by atomic mass is 9.96. The molecule has 1 saturated heterocycles. The number of ether oxygens (including phenoxy) is 1. The molecule has 1 aromatic carbocycles. The molecular weight excluding hydrogens is 338 g/mol. The normalized spacial score (nSPS) is 20.7. The lowest BCUT2D eigenvalue weighted by Crippen LogP contribution is -2.39. The average molecular weight is 372 g/mol. The number of para-hydroxylation sites is 1. The molecule has 2 aliphatic rings. The number of benzene rings is 1. The summed E-state index contributed by atoms with van der Waals surface area (Å²) >= 11 is 0. The Morgan fingerprint density at radius 2 is 2.11 bits per heavy atom. The Labute approximate surface area is 163 Å². The SMILES string of the molecule is CCCCN1CCC(CNC(=O)/C2=C\OCCCNc3ccccc32)CC1. The molecule has 0 spiro atoms. The summed E-state index contributed by atoms with van der Waals surface area (Å²) in [7, 11) is 0. The van der Waals surface area contributed by atoms with Gasteiger partial charge < -0.3 is 20.3 Å². The Bertz CT molecular complexity index is 636. The Balaban J connectivity index is 1.56. The summed E-state index contributed by atoms with van der Waals surface area (Å²) < 4.78 is 5.62. The monoisotopic (exact) mass is 371 g/mol. The molecular formula is C22H33N3O2. The zero-order valence-electron chi connectivity index (χ0n) is 16.5. The van der Waals surface area contributed by atoms with Gasteiger partial charge in [0.15, 0.2) is 0 Å². The second-order valence-corrected chi connectivity index (χ2v) is 7.58. The van der Waals surface area contributed by atoms with Gasteiger partial charge in [0.25, 0.3) is 5.91 Å². The van der Waals surface area contributed by atoms with E-state index in [9.17, 15) is 4.79 Å². The number of nitrogens with zero attached hydrogens (tertiary/aromatic N) is 1. The molecule has 2 heterocycles. The quantitative estimate of drug-likeness (QED) is 0.804. The number of hydrogen-bond donors (Lipinski definition) is 2. The van der Waals surface area contributed by atoms with Crippen LogP contribution in [0.2, 0.25) is 0 Å². The lowest BCUT2D eigenvalue weighted by Gasteiger charge is -2.32. The van der Waals surface area contributed by atoms with Gasteiger partial charge in [0, 0.05) is 24.3 Å². The molecule has 3 rings (SSSR count). The molecule has 0 aromatic heterocycles. The molecule has 5 nitrogen and oxygen atoms in total. The Hall–Kier alpha value is -2.01. The first-order valence-corrected chi connectivity index (χ1v) is 10.4. The minimum absolute atomic E-state index is 0.0421. The molecule has 2 aliphatic heterocycles. The predicted octanol–water partition coefficient (Wildman–Crippen LogP) is 3.49. The zero-order valence-corrected chi connectivity index (χ0v) is 16.5. The highest BCUT2D eigenvalue weighted by molar-refractivity contribution is 6.20. The number of likely N-dealkylation sites (tertiary alicyclic amines) is 1. The standard InChI is InChI=1S/C22H33N3O2/c1-2-3-12-25-13-9-18(10-14-25)16-24-22(26)20-17-27-15-6-11-23-21-8-5-4-7-19(20)21/h4-5,7-8,17-18,23H,2-3,6,9-16H2,1H3,(H,24,26)/b20-17-. The first-order valence-electron chi connectivity index (χ1n) is 10.4. The summed E-state index contributed by atoms with van der Waals surface area (Å²) in [6, 6.07) is 7.96. The van der Waals surface area contributed by atoms with Gasteiger partial charge in [-0.3, -0.25) is 4.79 Å². The van der Waals surface area contributed by atoms with E-state index in [0.717, 1.165) is 56.7 Å². The number of unbranched alkanes of at least 4 members (excludes halogenated alkanes) is 1. The molecule has 0 atom stereocenters. The Morgan fingerprint density at radius 1 is 1.30 bits per heavy atom. The molecule has 0 bridgehead atoms. The van der Waals surface area contributed by atoms with Gasteiger partial charge in [0.2, 0.25) is 0 Å². The van der Waals surface area contributed by atoms with Crippen molar-refractivity contribution in [1.29, 1.82) is 0 Å². The van der Waals surface area contributed by atoms with Gasteiger partial charge in [-0.2, -0.15) is 0 Å². The second kappa shape index (κ2) is 10.4. The van der Waals surface area contributed by atoms with E-state index in [1.165, 1.54) is 19.4 Å². The van der Waals surface area contributed by atoms with Gasteiger partial charge >= 0.3 is 0 Å². The molecule has 1 fully saturated rings. The number of nitrogens with one attached hydrogen (secondary N) is 2. The number of piperidine rings is 1. The van der Waals surface area contributed by atoms with Crippen LogP contribution in [0.1, 0.15) is 44.6 Å². The van der Waals surface area contributed by atoms with Crippen LogP contribution in [0.3, 0.4) is 0 Å². The molecule has 0 unspecified atom stereocenters. The van der Waals surface area contributed by atoms with Crippen LogP contribution in [0.5, 0.6) is 0 Å². The van der Waals surface area contributed by atoms with E-state index >= 15 is 0 Å². The van der Waals surface area contributed by atoms with Gasteiger partial charge in [-0.25, -0.2) is 0 Å². The van der Waals surface area contributed by atoms with Crippen LogP contribution in [-0.2, 0) is 9.53 Å². The average Bonchev–Trinajstić information content (AvgIpc) is 2.81. The van der Waals surface area contributed by atoms with E-state index in [2.05, 4.69) is 22.5 Å². The number of anilines is 1. The van der Waals surface area contributed by atoms with E-state index in [1.54, 1.807) is 6.26 Å². The summed E-state index contributed by atoms with van der Waals surface area (Å²) in [6.45, 7) is 7.96. The number of carbonyl (C=O) groups excluding carboxylic acids is 1.